The van der Waals surface area contributed by atoms with E-state index in [-0.39, 0.29) is 15.8 Å². The van der Waals surface area contributed by atoms with Crippen LogP contribution in [0.3, 0.4) is 0 Å². The zero-order chi connectivity index (χ0) is 12.2. The molecule has 0 saturated heterocycles. The number of thiophene rings is 1. The van der Waals surface area contributed by atoms with Crippen LogP contribution in [0.5, 0.6) is 5.75 Å². The Morgan fingerprint density at radius 3 is 3.00 bits per heavy atom. The van der Waals surface area contributed by atoms with E-state index in [4.69, 9.17) is 0 Å². The molecule has 0 bridgehead atoms. The minimum atomic E-state index is -0.338. The minimum absolute atomic E-state index is 0.0237. The Balaban J connectivity index is 2.61. The minimum Gasteiger partial charge on any atom is -0.505 e. The molecule has 4 nitrogen and oxygen atoms in total. The fraction of sp³-hybridized carbons (Fsp3) is 0.0909. The molecule has 3 aromatic rings. The Morgan fingerprint density at radius 2 is 2.24 bits per heavy atom. The largest absolute Gasteiger partial charge is 0.505 e. The zero-order valence-corrected chi connectivity index (χ0v) is 11.1. The molecule has 0 aliphatic carbocycles. The van der Waals surface area contributed by atoms with E-state index in [1.54, 1.807) is 0 Å². The lowest BCUT2D eigenvalue weighted by Crippen LogP contribution is -2.05. The maximum atomic E-state index is 11.6. The Labute approximate surface area is 108 Å². The lowest BCUT2D eigenvalue weighted by molar-refractivity contribution is 0.478. The summed E-state index contributed by atoms with van der Waals surface area (Å²) in [5.74, 6) is -0.0237. The van der Waals surface area contributed by atoms with Gasteiger partial charge >= 0.3 is 0 Å². The number of pyridine rings is 2. The molecule has 6 heteroatoms. The predicted molar refractivity (Wildman–Crippen MR) is 71.8 cm³/mol. The van der Waals surface area contributed by atoms with Gasteiger partial charge in [0.05, 0.1) is 10.2 Å². The average molecular weight is 311 g/mol. The highest BCUT2D eigenvalue weighted by Crippen LogP contribution is 2.38. The summed E-state index contributed by atoms with van der Waals surface area (Å²) in [6.45, 7) is 1.91. The number of aromatic nitrogens is 2. The third kappa shape index (κ3) is 1.48. The molecule has 0 aliphatic heterocycles. The first-order valence-corrected chi connectivity index (χ1v) is 6.49. The van der Waals surface area contributed by atoms with E-state index in [1.807, 2.05) is 19.1 Å². The summed E-state index contributed by atoms with van der Waals surface area (Å²) >= 11 is 4.43. The van der Waals surface area contributed by atoms with Crippen LogP contribution < -0.4 is 5.56 Å². The highest BCUT2D eigenvalue weighted by atomic mass is 79.9. The van der Waals surface area contributed by atoms with Crippen LogP contribution in [0.15, 0.2) is 21.4 Å². The molecule has 17 heavy (non-hydrogen) atoms. The molecular formula is C11H7BrN2O2S. The number of hydrogen-bond donors (Lipinski definition) is 2. The van der Waals surface area contributed by atoms with Gasteiger partial charge in [-0.25, -0.2) is 4.98 Å². The van der Waals surface area contributed by atoms with Crippen LogP contribution in [0.4, 0.5) is 0 Å². The molecule has 0 unspecified atom stereocenters. The SMILES string of the molecule is Cc1ccc2c(n1)sc1c(O)c(Br)c(=O)[nH]c12. The van der Waals surface area contributed by atoms with Crippen molar-refractivity contribution in [2.45, 2.75) is 6.92 Å². The molecule has 0 radical (unpaired) electrons. The highest BCUT2D eigenvalue weighted by molar-refractivity contribution is 9.10. The monoisotopic (exact) mass is 310 g/mol. The second kappa shape index (κ2) is 3.54. The van der Waals surface area contributed by atoms with Gasteiger partial charge in [0.15, 0.2) is 5.75 Å². The fourth-order valence-electron chi connectivity index (χ4n) is 1.74. The molecule has 0 aliphatic rings. The van der Waals surface area contributed by atoms with Crippen LogP contribution in [0, 0.1) is 6.92 Å². The van der Waals surface area contributed by atoms with Crippen molar-refractivity contribution in [2.24, 2.45) is 0 Å². The highest BCUT2D eigenvalue weighted by Gasteiger charge is 2.15. The van der Waals surface area contributed by atoms with Crippen molar-refractivity contribution in [3.05, 3.63) is 32.7 Å². The molecule has 0 aromatic carbocycles. The number of hydrogen-bond acceptors (Lipinski definition) is 4. The van der Waals surface area contributed by atoms with Crippen LogP contribution in [-0.4, -0.2) is 15.1 Å². The average Bonchev–Trinajstić information content (AvgIpc) is 2.64. The van der Waals surface area contributed by atoms with E-state index in [0.29, 0.717) is 10.2 Å². The van der Waals surface area contributed by atoms with Gasteiger partial charge in [0, 0.05) is 11.1 Å². The molecule has 3 heterocycles. The predicted octanol–water partition coefficient (Wildman–Crippen LogP) is 2.91. The smallest absolute Gasteiger partial charge is 0.266 e. The van der Waals surface area contributed by atoms with E-state index >= 15 is 0 Å². The summed E-state index contributed by atoms with van der Waals surface area (Å²) in [7, 11) is 0. The molecule has 0 spiro atoms. The number of aromatic amines is 1. The molecular weight excluding hydrogens is 304 g/mol. The molecule has 0 atom stereocenters. The molecule has 0 fully saturated rings. The van der Waals surface area contributed by atoms with Crippen molar-refractivity contribution < 1.29 is 5.11 Å². The molecule has 2 N–H and O–H groups in total. The van der Waals surface area contributed by atoms with Crippen molar-refractivity contribution in [1.82, 2.24) is 9.97 Å². The molecule has 0 saturated carbocycles. The lowest BCUT2D eigenvalue weighted by Gasteiger charge is -1.97. The number of fused-ring (bicyclic) bond motifs is 3. The van der Waals surface area contributed by atoms with Crippen LogP contribution >= 0.6 is 27.3 Å². The normalized spacial score (nSPS) is 11.4. The van der Waals surface area contributed by atoms with E-state index in [9.17, 15) is 9.90 Å². The number of nitrogens with one attached hydrogen (secondary N) is 1. The van der Waals surface area contributed by atoms with Gasteiger partial charge < -0.3 is 10.1 Å². The van der Waals surface area contributed by atoms with Crippen LogP contribution in [-0.2, 0) is 0 Å². The van der Waals surface area contributed by atoms with Gasteiger partial charge in [0.1, 0.15) is 9.30 Å². The maximum absolute atomic E-state index is 11.6. The van der Waals surface area contributed by atoms with Crippen molar-refractivity contribution >= 4 is 47.7 Å². The Hall–Kier alpha value is -1.40. The summed E-state index contributed by atoms with van der Waals surface area (Å²) in [5.41, 5.74) is 1.21. The van der Waals surface area contributed by atoms with Crippen LogP contribution in [0.1, 0.15) is 5.69 Å². The lowest BCUT2D eigenvalue weighted by atomic mass is 10.2. The molecule has 0 amide bonds. The van der Waals surface area contributed by atoms with E-state index < -0.39 is 0 Å². The Bertz CT molecular complexity index is 806. The van der Waals surface area contributed by atoms with E-state index in [1.165, 1.54) is 11.3 Å². The summed E-state index contributed by atoms with van der Waals surface area (Å²) in [6, 6.07) is 3.78. The van der Waals surface area contributed by atoms with Crippen LogP contribution in [0.25, 0.3) is 20.4 Å². The summed E-state index contributed by atoms with van der Waals surface area (Å²) < 4.78 is 0.804. The maximum Gasteiger partial charge on any atom is 0.266 e. The summed E-state index contributed by atoms with van der Waals surface area (Å²) in [4.78, 5) is 19.5. The van der Waals surface area contributed by atoms with Gasteiger partial charge in [-0.15, -0.1) is 11.3 Å². The van der Waals surface area contributed by atoms with Crippen molar-refractivity contribution in [2.75, 3.05) is 0 Å². The van der Waals surface area contributed by atoms with Crippen molar-refractivity contribution in [3.8, 4) is 5.75 Å². The van der Waals surface area contributed by atoms with E-state index in [0.717, 1.165) is 15.9 Å². The third-order valence-corrected chi connectivity index (χ3v) is 4.40. The zero-order valence-electron chi connectivity index (χ0n) is 8.74. The number of rotatable bonds is 0. The number of halogens is 1. The topological polar surface area (TPSA) is 66.0 Å². The molecule has 3 aromatic heterocycles. The quantitative estimate of drug-likeness (QED) is 0.671. The first-order valence-electron chi connectivity index (χ1n) is 4.88. The molecule has 86 valence electrons. The second-order valence-corrected chi connectivity index (χ2v) is 5.52. The molecule has 3 rings (SSSR count). The number of H-pyrrole nitrogens is 1. The second-order valence-electron chi connectivity index (χ2n) is 3.73. The number of aryl methyl sites for hydroxylation is 1. The first kappa shape index (κ1) is 10.7. The Kier molecular flexibility index (Phi) is 2.24. The third-order valence-electron chi connectivity index (χ3n) is 2.56. The number of aromatic hydroxyl groups is 1. The standard InChI is InChI=1S/C11H7BrN2O2S/c1-4-2-3-5-7-9(17-11(5)13-4)8(15)6(12)10(16)14-7/h2-3H,1H3,(H2,14,15,16). The summed E-state index contributed by atoms with van der Waals surface area (Å²) in [6.07, 6.45) is 0. The van der Waals surface area contributed by atoms with Crippen molar-refractivity contribution in [3.63, 3.8) is 0 Å². The van der Waals surface area contributed by atoms with Gasteiger partial charge in [-0.05, 0) is 35.0 Å². The Morgan fingerprint density at radius 1 is 1.47 bits per heavy atom. The fourth-order valence-corrected chi connectivity index (χ4v) is 3.29. The van der Waals surface area contributed by atoms with Gasteiger partial charge in [-0.3, -0.25) is 4.79 Å². The number of nitrogens with zero attached hydrogens (tertiary/aromatic N) is 1. The van der Waals surface area contributed by atoms with Gasteiger partial charge in [-0.2, -0.15) is 0 Å². The van der Waals surface area contributed by atoms with Gasteiger partial charge in [0.25, 0.3) is 5.56 Å². The van der Waals surface area contributed by atoms with Gasteiger partial charge in [0.2, 0.25) is 0 Å². The summed E-state index contributed by atoms with van der Waals surface area (Å²) in [5, 5.41) is 10.8. The van der Waals surface area contributed by atoms with Gasteiger partial charge in [-0.1, -0.05) is 0 Å². The van der Waals surface area contributed by atoms with Crippen molar-refractivity contribution in [1.29, 1.82) is 0 Å². The van der Waals surface area contributed by atoms with E-state index in [2.05, 4.69) is 25.9 Å². The van der Waals surface area contributed by atoms with Crippen LogP contribution in [0.2, 0.25) is 0 Å². The first-order chi connectivity index (χ1) is 8.08.